The van der Waals surface area contributed by atoms with Crippen LogP contribution in [0, 0.1) is 0 Å². The van der Waals surface area contributed by atoms with Crippen molar-refractivity contribution in [3.8, 4) is 11.5 Å². The van der Waals surface area contributed by atoms with Gasteiger partial charge in [-0.2, -0.15) is 0 Å². The molecular formula is C19H20BrNO4. The van der Waals surface area contributed by atoms with Crippen LogP contribution in [0.25, 0.3) is 0 Å². The highest BCUT2D eigenvalue weighted by Crippen LogP contribution is 2.25. The van der Waals surface area contributed by atoms with Crippen molar-refractivity contribution >= 4 is 27.5 Å². The molecule has 0 bridgehead atoms. The Hall–Kier alpha value is -2.05. The van der Waals surface area contributed by atoms with E-state index in [0.29, 0.717) is 29.4 Å². The summed E-state index contributed by atoms with van der Waals surface area (Å²) in [7, 11) is 1.54. The average molecular weight is 406 g/mol. The Morgan fingerprint density at radius 1 is 1.32 bits per heavy atom. The van der Waals surface area contributed by atoms with Crippen molar-refractivity contribution in [1.29, 1.82) is 0 Å². The number of halogens is 1. The van der Waals surface area contributed by atoms with E-state index in [4.69, 9.17) is 14.2 Å². The SMILES string of the molecule is COc1ccc(Br)cc1C(=O)Nc1cccc(OCC2CCCO2)c1. The Morgan fingerprint density at radius 2 is 2.20 bits per heavy atom. The van der Waals surface area contributed by atoms with Crippen LogP contribution in [0.4, 0.5) is 5.69 Å². The molecule has 3 rings (SSSR count). The summed E-state index contributed by atoms with van der Waals surface area (Å²) in [5.41, 5.74) is 1.12. The first kappa shape index (κ1) is 17.8. The van der Waals surface area contributed by atoms with E-state index in [1.54, 1.807) is 25.3 Å². The smallest absolute Gasteiger partial charge is 0.259 e. The molecule has 2 aromatic rings. The van der Waals surface area contributed by atoms with Crippen molar-refractivity contribution in [3.05, 3.63) is 52.5 Å². The second-order valence-electron chi connectivity index (χ2n) is 5.77. The van der Waals surface area contributed by atoms with Crippen molar-refractivity contribution in [2.24, 2.45) is 0 Å². The van der Waals surface area contributed by atoms with Gasteiger partial charge in [-0.3, -0.25) is 4.79 Å². The van der Waals surface area contributed by atoms with E-state index in [1.807, 2.05) is 24.3 Å². The average Bonchev–Trinajstić information content (AvgIpc) is 3.14. The summed E-state index contributed by atoms with van der Waals surface area (Å²) in [6, 6.07) is 12.6. The van der Waals surface area contributed by atoms with Crippen molar-refractivity contribution in [1.82, 2.24) is 0 Å². The third-order valence-electron chi connectivity index (χ3n) is 3.96. The van der Waals surface area contributed by atoms with Crippen LogP contribution in [0.15, 0.2) is 46.9 Å². The maximum absolute atomic E-state index is 12.6. The Labute approximate surface area is 155 Å². The van der Waals surface area contributed by atoms with Crippen LogP contribution < -0.4 is 14.8 Å². The van der Waals surface area contributed by atoms with E-state index in [9.17, 15) is 4.79 Å². The van der Waals surface area contributed by atoms with Gasteiger partial charge >= 0.3 is 0 Å². The third kappa shape index (κ3) is 4.74. The van der Waals surface area contributed by atoms with Crippen molar-refractivity contribution in [2.45, 2.75) is 18.9 Å². The minimum Gasteiger partial charge on any atom is -0.496 e. The third-order valence-corrected chi connectivity index (χ3v) is 4.45. The van der Waals surface area contributed by atoms with E-state index >= 15 is 0 Å². The lowest BCUT2D eigenvalue weighted by molar-refractivity contribution is 0.0680. The summed E-state index contributed by atoms with van der Waals surface area (Å²) in [6.07, 6.45) is 2.27. The van der Waals surface area contributed by atoms with E-state index in [2.05, 4.69) is 21.2 Å². The predicted molar refractivity (Wildman–Crippen MR) is 99.6 cm³/mol. The summed E-state index contributed by atoms with van der Waals surface area (Å²) >= 11 is 3.38. The van der Waals surface area contributed by atoms with Crippen LogP contribution in [0.5, 0.6) is 11.5 Å². The number of nitrogens with one attached hydrogen (secondary N) is 1. The summed E-state index contributed by atoms with van der Waals surface area (Å²) in [5, 5.41) is 2.88. The Bertz CT molecular complexity index is 744. The standard InChI is InChI=1S/C19H20BrNO4/c1-23-18-8-7-13(20)10-17(18)19(22)21-14-4-2-5-15(11-14)25-12-16-6-3-9-24-16/h2,4-5,7-8,10-11,16H,3,6,9,12H2,1H3,(H,21,22). The monoisotopic (exact) mass is 405 g/mol. The van der Waals surface area contributed by atoms with Crippen molar-refractivity contribution in [3.63, 3.8) is 0 Å². The molecule has 0 spiro atoms. The first-order valence-corrected chi connectivity index (χ1v) is 8.94. The molecule has 2 aromatic carbocycles. The van der Waals surface area contributed by atoms with E-state index < -0.39 is 0 Å². The molecule has 1 aliphatic heterocycles. The van der Waals surface area contributed by atoms with Gasteiger partial charge in [-0.25, -0.2) is 0 Å². The number of benzene rings is 2. The van der Waals surface area contributed by atoms with Gasteiger partial charge in [0.2, 0.25) is 0 Å². The summed E-state index contributed by atoms with van der Waals surface area (Å²) in [6.45, 7) is 1.33. The molecule has 25 heavy (non-hydrogen) atoms. The molecule has 0 radical (unpaired) electrons. The summed E-state index contributed by atoms with van der Waals surface area (Å²) in [4.78, 5) is 12.6. The van der Waals surface area contributed by atoms with E-state index in [1.165, 1.54) is 0 Å². The van der Waals surface area contributed by atoms with Crippen LogP contribution in [0.1, 0.15) is 23.2 Å². The van der Waals surface area contributed by atoms with Crippen LogP contribution in [-0.2, 0) is 4.74 Å². The molecule has 5 nitrogen and oxygen atoms in total. The highest BCUT2D eigenvalue weighted by molar-refractivity contribution is 9.10. The molecule has 1 atom stereocenters. The number of hydrogen-bond acceptors (Lipinski definition) is 4. The molecule has 1 amide bonds. The maximum Gasteiger partial charge on any atom is 0.259 e. The lowest BCUT2D eigenvalue weighted by Gasteiger charge is -2.13. The number of carbonyl (C=O) groups excluding carboxylic acids is 1. The molecule has 0 saturated carbocycles. The number of rotatable bonds is 6. The van der Waals surface area contributed by atoms with Crippen LogP contribution >= 0.6 is 15.9 Å². The molecule has 1 heterocycles. The molecule has 1 aliphatic rings. The minimum atomic E-state index is -0.241. The molecule has 6 heteroatoms. The van der Waals surface area contributed by atoms with E-state index in [0.717, 1.165) is 23.9 Å². The highest BCUT2D eigenvalue weighted by atomic mass is 79.9. The van der Waals surface area contributed by atoms with Gasteiger partial charge in [0.15, 0.2) is 0 Å². The number of anilines is 1. The fourth-order valence-electron chi connectivity index (χ4n) is 2.68. The normalized spacial score (nSPS) is 16.5. The first-order valence-electron chi connectivity index (χ1n) is 8.15. The zero-order valence-corrected chi connectivity index (χ0v) is 15.5. The van der Waals surface area contributed by atoms with Gasteiger partial charge in [-0.1, -0.05) is 22.0 Å². The lowest BCUT2D eigenvalue weighted by atomic mass is 10.2. The zero-order chi connectivity index (χ0) is 17.6. The van der Waals surface area contributed by atoms with E-state index in [-0.39, 0.29) is 12.0 Å². The van der Waals surface area contributed by atoms with Gasteiger partial charge < -0.3 is 19.5 Å². The number of amides is 1. The van der Waals surface area contributed by atoms with Gasteiger partial charge in [0.05, 0.1) is 18.8 Å². The topological polar surface area (TPSA) is 56.8 Å². The molecule has 0 aromatic heterocycles. The molecule has 1 unspecified atom stereocenters. The minimum absolute atomic E-state index is 0.157. The zero-order valence-electron chi connectivity index (χ0n) is 14.0. The molecular weight excluding hydrogens is 386 g/mol. The highest BCUT2D eigenvalue weighted by Gasteiger charge is 2.16. The maximum atomic E-state index is 12.6. The van der Waals surface area contributed by atoms with Crippen LogP contribution in [-0.4, -0.2) is 32.3 Å². The van der Waals surface area contributed by atoms with Crippen LogP contribution in [0.3, 0.4) is 0 Å². The predicted octanol–water partition coefficient (Wildman–Crippen LogP) is 4.27. The van der Waals surface area contributed by atoms with Crippen molar-refractivity contribution in [2.75, 3.05) is 25.6 Å². The van der Waals surface area contributed by atoms with Crippen molar-refractivity contribution < 1.29 is 19.0 Å². The number of hydrogen-bond donors (Lipinski definition) is 1. The summed E-state index contributed by atoms with van der Waals surface area (Å²) in [5.74, 6) is 0.982. The van der Waals surface area contributed by atoms with Crippen LogP contribution in [0.2, 0.25) is 0 Å². The number of ether oxygens (including phenoxy) is 3. The number of carbonyl (C=O) groups is 1. The Morgan fingerprint density at radius 3 is 2.96 bits per heavy atom. The molecule has 1 fully saturated rings. The summed E-state index contributed by atoms with van der Waals surface area (Å²) < 4.78 is 17.4. The molecule has 1 N–H and O–H groups in total. The lowest BCUT2D eigenvalue weighted by Crippen LogP contribution is -2.16. The first-order chi connectivity index (χ1) is 12.2. The quantitative estimate of drug-likeness (QED) is 0.779. The Balaban J connectivity index is 1.67. The number of methoxy groups -OCH3 is 1. The van der Waals surface area contributed by atoms with Gasteiger partial charge in [0.25, 0.3) is 5.91 Å². The largest absolute Gasteiger partial charge is 0.496 e. The fourth-order valence-corrected chi connectivity index (χ4v) is 3.05. The fraction of sp³-hybridized carbons (Fsp3) is 0.316. The second-order valence-corrected chi connectivity index (χ2v) is 6.69. The molecule has 1 saturated heterocycles. The van der Waals surface area contributed by atoms with Gasteiger partial charge in [0.1, 0.15) is 18.1 Å². The van der Waals surface area contributed by atoms with Gasteiger partial charge in [0, 0.05) is 22.8 Å². The molecule has 132 valence electrons. The Kier molecular flexibility index (Phi) is 5.94. The van der Waals surface area contributed by atoms with Gasteiger partial charge in [-0.05, 0) is 43.2 Å². The second kappa shape index (κ2) is 8.36. The molecule has 0 aliphatic carbocycles. The van der Waals surface area contributed by atoms with Gasteiger partial charge in [-0.15, -0.1) is 0 Å².